The van der Waals surface area contributed by atoms with Crippen LogP contribution in [0.15, 0.2) is 25.7 Å². The van der Waals surface area contributed by atoms with Crippen LogP contribution in [-0.2, 0) is 4.74 Å². The topological polar surface area (TPSA) is 9.23 Å². The van der Waals surface area contributed by atoms with Crippen LogP contribution >= 0.6 is 0 Å². The molecule has 1 fully saturated rings. The van der Waals surface area contributed by atoms with Crippen molar-refractivity contribution >= 4 is 0 Å². The van der Waals surface area contributed by atoms with Crippen molar-refractivity contribution in [3.8, 4) is 0 Å². The lowest BCUT2D eigenvalue weighted by molar-refractivity contribution is 0.331. The van der Waals surface area contributed by atoms with Crippen LogP contribution in [0.5, 0.6) is 0 Å². The summed E-state index contributed by atoms with van der Waals surface area (Å²) in [6, 6.07) is 0. The van der Waals surface area contributed by atoms with E-state index in [2.05, 4.69) is 24.8 Å². The van der Waals surface area contributed by atoms with E-state index >= 15 is 0 Å². The van der Waals surface area contributed by atoms with Gasteiger partial charge in [0.15, 0.2) is 0 Å². The highest BCUT2D eigenvalue weighted by atomic mass is 16.5. The maximum absolute atomic E-state index is 4.36. The molecule has 0 bridgehead atoms. The second-order valence-corrected chi connectivity index (χ2v) is 4.12. The predicted molar refractivity (Wildman–Crippen MR) is 67.6 cm³/mol. The molecule has 0 aromatic carbocycles. The van der Waals surface area contributed by atoms with E-state index in [9.17, 15) is 0 Å². The molecule has 1 nitrogen and oxygen atoms in total. The van der Waals surface area contributed by atoms with E-state index < -0.39 is 0 Å². The van der Waals surface area contributed by atoms with Crippen molar-refractivity contribution in [1.29, 1.82) is 0 Å². The van der Waals surface area contributed by atoms with Crippen molar-refractivity contribution < 1.29 is 4.74 Å². The largest absolute Gasteiger partial charge is 0.474 e. The third-order valence-corrected chi connectivity index (χ3v) is 2.88. The van der Waals surface area contributed by atoms with Crippen molar-refractivity contribution in [2.75, 3.05) is 0 Å². The van der Waals surface area contributed by atoms with E-state index in [0.717, 1.165) is 5.92 Å². The fourth-order valence-corrected chi connectivity index (χ4v) is 2.04. The van der Waals surface area contributed by atoms with E-state index in [1.54, 1.807) is 0 Å². The van der Waals surface area contributed by atoms with Crippen LogP contribution in [0.25, 0.3) is 0 Å². The van der Waals surface area contributed by atoms with Crippen LogP contribution in [0.2, 0.25) is 0 Å². The molecule has 0 radical (unpaired) electrons. The maximum Gasteiger partial charge on any atom is 0.0829 e. The Morgan fingerprint density at radius 2 is 1.73 bits per heavy atom. The second kappa shape index (κ2) is 11.4. The first kappa shape index (κ1) is 14.3. The highest BCUT2D eigenvalue weighted by Crippen LogP contribution is 2.27. The van der Waals surface area contributed by atoms with E-state index in [-0.39, 0.29) is 0 Å². The summed E-state index contributed by atoms with van der Waals surface area (Å²) in [5.41, 5.74) is 0. The van der Waals surface area contributed by atoms with Crippen LogP contribution < -0.4 is 0 Å². The van der Waals surface area contributed by atoms with Crippen molar-refractivity contribution in [3.63, 3.8) is 0 Å². The Hall–Kier alpha value is -0.720. The molecule has 0 amide bonds. The molecule has 0 heterocycles. The molecule has 0 N–H and O–H groups in total. The van der Waals surface area contributed by atoms with Crippen molar-refractivity contribution in [2.45, 2.75) is 58.3 Å². The Morgan fingerprint density at radius 3 is 2.13 bits per heavy atom. The lowest BCUT2D eigenvalue weighted by atomic mass is 9.86. The van der Waals surface area contributed by atoms with Gasteiger partial charge in [0.2, 0.25) is 0 Å². The standard InChI is InChI=1S/C10H20.C4H6O/c1-2-3-7-10-8-5-4-6-9-10;1-3-5-4-2/h10H,2-9H2,1H3;3-4H,1-2H2. The van der Waals surface area contributed by atoms with Gasteiger partial charge in [-0.05, 0) is 5.92 Å². The monoisotopic (exact) mass is 210 g/mol. The van der Waals surface area contributed by atoms with Crippen LogP contribution in [-0.4, -0.2) is 0 Å². The maximum atomic E-state index is 4.36. The van der Waals surface area contributed by atoms with Crippen molar-refractivity contribution in [2.24, 2.45) is 5.92 Å². The summed E-state index contributed by atoms with van der Waals surface area (Å²) < 4.78 is 4.36. The van der Waals surface area contributed by atoms with Crippen LogP contribution in [0.3, 0.4) is 0 Å². The smallest absolute Gasteiger partial charge is 0.0829 e. The van der Waals surface area contributed by atoms with Crippen molar-refractivity contribution in [1.82, 2.24) is 0 Å². The van der Waals surface area contributed by atoms with Gasteiger partial charge < -0.3 is 4.74 Å². The van der Waals surface area contributed by atoms with Crippen molar-refractivity contribution in [3.05, 3.63) is 25.7 Å². The van der Waals surface area contributed by atoms with Crippen LogP contribution in [0, 0.1) is 5.92 Å². The average molecular weight is 210 g/mol. The summed E-state index contributed by atoms with van der Waals surface area (Å²) in [6.07, 6.45) is 14.6. The van der Waals surface area contributed by atoms with Gasteiger partial charge in [0.1, 0.15) is 0 Å². The quantitative estimate of drug-likeness (QED) is 0.577. The van der Waals surface area contributed by atoms with Gasteiger partial charge in [-0.25, -0.2) is 0 Å². The second-order valence-electron chi connectivity index (χ2n) is 4.12. The van der Waals surface area contributed by atoms with E-state index in [1.165, 1.54) is 63.9 Å². The number of rotatable bonds is 5. The van der Waals surface area contributed by atoms with Gasteiger partial charge in [-0.3, -0.25) is 0 Å². The third-order valence-electron chi connectivity index (χ3n) is 2.88. The molecule has 15 heavy (non-hydrogen) atoms. The highest BCUT2D eigenvalue weighted by Gasteiger charge is 2.11. The molecule has 0 aromatic heterocycles. The number of unbranched alkanes of at least 4 members (excludes halogenated alkanes) is 1. The van der Waals surface area contributed by atoms with Gasteiger partial charge in [-0.15, -0.1) is 0 Å². The molecule has 0 aromatic rings. The summed E-state index contributed by atoms with van der Waals surface area (Å²) in [7, 11) is 0. The fourth-order valence-electron chi connectivity index (χ4n) is 2.04. The zero-order valence-electron chi connectivity index (χ0n) is 10.2. The Kier molecular flexibility index (Phi) is 10.8. The highest BCUT2D eigenvalue weighted by molar-refractivity contribution is 4.65. The zero-order chi connectivity index (χ0) is 11.4. The number of hydrogen-bond acceptors (Lipinski definition) is 1. The molecular formula is C14H26O. The summed E-state index contributed by atoms with van der Waals surface area (Å²) in [5, 5.41) is 0. The van der Waals surface area contributed by atoms with Crippen LogP contribution in [0.4, 0.5) is 0 Å². The first-order chi connectivity index (χ1) is 7.35. The molecule has 1 heteroatoms. The first-order valence-corrected chi connectivity index (χ1v) is 6.22. The van der Waals surface area contributed by atoms with E-state index in [0.29, 0.717) is 0 Å². The predicted octanol–water partition coefficient (Wildman–Crippen LogP) is 5.05. The first-order valence-electron chi connectivity index (χ1n) is 6.22. The molecule has 0 unspecified atom stereocenters. The summed E-state index contributed by atoms with van der Waals surface area (Å²) >= 11 is 0. The van der Waals surface area contributed by atoms with Gasteiger partial charge >= 0.3 is 0 Å². The summed E-state index contributed by atoms with van der Waals surface area (Å²) in [5.74, 6) is 1.11. The minimum Gasteiger partial charge on any atom is -0.474 e. The molecule has 0 atom stereocenters. The number of hydrogen-bond donors (Lipinski definition) is 0. The molecule has 0 saturated heterocycles. The average Bonchev–Trinajstić information content (AvgIpc) is 2.30. The normalized spacial score (nSPS) is 16.1. The fraction of sp³-hybridized carbons (Fsp3) is 0.714. The lowest BCUT2D eigenvalue weighted by Crippen LogP contribution is -2.05. The van der Waals surface area contributed by atoms with Gasteiger partial charge in [0.25, 0.3) is 0 Å². The molecular weight excluding hydrogens is 184 g/mol. The van der Waals surface area contributed by atoms with Gasteiger partial charge in [0, 0.05) is 0 Å². The zero-order valence-corrected chi connectivity index (χ0v) is 10.2. The van der Waals surface area contributed by atoms with Gasteiger partial charge in [-0.1, -0.05) is 71.4 Å². The number of ether oxygens (including phenoxy) is 1. The molecule has 0 spiro atoms. The SMILES string of the molecule is C=COC=C.CCCCC1CCCCC1. The Balaban J connectivity index is 0.000000336. The van der Waals surface area contributed by atoms with Gasteiger partial charge in [-0.2, -0.15) is 0 Å². The Labute approximate surface area is 95.2 Å². The lowest BCUT2D eigenvalue weighted by Gasteiger charge is -2.20. The molecule has 1 rings (SSSR count). The Morgan fingerprint density at radius 1 is 1.13 bits per heavy atom. The van der Waals surface area contributed by atoms with Gasteiger partial charge in [0.05, 0.1) is 12.5 Å². The molecule has 88 valence electrons. The molecule has 1 saturated carbocycles. The molecule has 1 aliphatic rings. The summed E-state index contributed by atoms with van der Waals surface area (Å²) in [6.45, 7) is 8.81. The molecule has 0 aliphatic heterocycles. The van der Waals surface area contributed by atoms with E-state index in [1.807, 2.05) is 0 Å². The summed E-state index contributed by atoms with van der Waals surface area (Å²) in [4.78, 5) is 0. The minimum absolute atomic E-state index is 1.11. The van der Waals surface area contributed by atoms with E-state index in [4.69, 9.17) is 0 Å². The third kappa shape index (κ3) is 9.58. The van der Waals surface area contributed by atoms with Crippen LogP contribution in [0.1, 0.15) is 58.3 Å². The Bertz CT molecular complexity index is 139. The minimum atomic E-state index is 1.11. The molecule has 1 aliphatic carbocycles.